The first-order valence-corrected chi connectivity index (χ1v) is 5.12. The van der Waals surface area contributed by atoms with Gasteiger partial charge in [0.2, 0.25) is 0 Å². The highest BCUT2D eigenvalue weighted by atomic mass is 19.1. The molecule has 0 radical (unpaired) electrons. The largest absolute Gasteiger partial charge is 0.392 e. The summed E-state index contributed by atoms with van der Waals surface area (Å²) in [4.78, 5) is 6.05. The number of aliphatic hydroxyl groups excluding tert-OH is 1. The Balaban J connectivity index is 3.11. The van der Waals surface area contributed by atoms with E-state index in [2.05, 4.69) is 4.98 Å². The molecule has 0 aliphatic heterocycles. The average molecular weight is 212 g/mol. The van der Waals surface area contributed by atoms with E-state index in [9.17, 15) is 4.39 Å². The molecule has 1 rings (SSSR count). The Morgan fingerprint density at radius 3 is 2.67 bits per heavy atom. The molecule has 0 saturated heterocycles. The zero-order chi connectivity index (χ0) is 11.4. The number of nitrogens with zero attached hydrogens (tertiary/aromatic N) is 2. The Morgan fingerprint density at radius 1 is 1.53 bits per heavy atom. The number of hydrogen-bond acceptors (Lipinski definition) is 3. The third-order valence-corrected chi connectivity index (χ3v) is 2.32. The van der Waals surface area contributed by atoms with Crippen molar-refractivity contribution in [1.82, 2.24) is 4.98 Å². The van der Waals surface area contributed by atoms with Crippen molar-refractivity contribution in [3.8, 4) is 0 Å². The lowest BCUT2D eigenvalue weighted by atomic mass is 10.2. The van der Waals surface area contributed by atoms with Crippen molar-refractivity contribution in [2.24, 2.45) is 0 Å². The summed E-state index contributed by atoms with van der Waals surface area (Å²) in [5, 5.41) is 9.14. The topological polar surface area (TPSA) is 36.4 Å². The molecule has 0 aliphatic carbocycles. The van der Waals surface area contributed by atoms with Crippen molar-refractivity contribution in [3.63, 3.8) is 0 Å². The van der Waals surface area contributed by atoms with Crippen LogP contribution in [0.2, 0.25) is 0 Å². The SMILES string of the molecule is CCN(c1ncc(F)cc1CO)C(C)C. The number of halogens is 1. The van der Waals surface area contributed by atoms with Gasteiger partial charge in [-0.05, 0) is 26.8 Å². The lowest BCUT2D eigenvalue weighted by Crippen LogP contribution is -2.32. The molecule has 0 spiro atoms. The molecular weight excluding hydrogens is 195 g/mol. The van der Waals surface area contributed by atoms with Gasteiger partial charge >= 0.3 is 0 Å². The van der Waals surface area contributed by atoms with E-state index in [1.165, 1.54) is 12.3 Å². The van der Waals surface area contributed by atoms with Crippen molar-refractivity contribution in [3.05, 3.63) is 23.6 Å². The third-order valence-electron chi connectivity index (χ3n) is 2.32. The minimum Gasteiger partial charge on any atom is -0.392 e. The van der Waals surface area contributed by atoms with Gasteiger partial charge in [0.1, 0.15) is 11.6 Å². The molecule has 0 amide bonds. The Kier molecular flexibility index (Phi) is 4.03. The number of rotatable bonds is 4. The first-order valence-electron chi connectivity index (χ1n) is 5.12. The maximum atomic E-state index is 12.9. The number of anilines is 1. The predicted molar refractivity (Wildman–Crippen MR) is 58.3 cm³/mol. The first-order chi connectivity index (χ1) is 7.10. The maximum Gasteiger partial charge on any atom is 0.142 e. The molecular formula is C11H17FN2O. The number of aliphatic hydroxyl groups is 1. The van der Waals surface area contributed by atoms with E-state index in [4.69, 9.17) is 5.11 Å². The lowest BCUT2D eigenvalue weighted by Gasteiger charge is -2.27. The standard InChI is InChI=1S/C11H17FN2O/c1-4-14(8(2)3)11-9(7-15)5-10(12)6-13-11/h5-6,8,15H,4,7H2,1-3H3. The lowest BCUT2D eigenvalue weighted by molar-refractivity contribution is 0.280. The number of pyridine rings is 1. The summed E-state index contributed by atoms with van der Waals surface area (Å²) in [6.07, 6.45) is 1.18. The van der Waals surface area contributed by atoms with Gasteiger partial charge in [-0.15, -0.1) is 0 Å². The average Bonchev–Trinajstić information content (AvgIpc) is 2.20. The highest BCUT2D eigenvalue weighted by Gasteiger charge is 2.14. The predicted octanol–water partition coefficient (Wildman–Crippen LogP) is 1.95. The second-order valence-electron chi connectivity index (χ2n) is 3.67. The van der Waals surface area contributed by atoms with Gasteiger partial charge < -0.3 is 10.0 Å². The van der Waals surface area contributed by atoms with Crippen molar-refractivity contribution in [1.29, 1.82) is 0 Å². The van der Waals surface area contributed by atoms with Crippen LogP contribution in [0.1, 0.15) is 26.3 Å². The van der Waals surface area contributed by atoms with Crippen molar-refractivity contribution < 1.29 is 9.50 Å². The monoisotopic (exact) mass is 212 g/mol. The van der Waals surface area contributed by atoms with E-state index in [-0.39, 0.29) is 12.6 Å². The van der Waals surface area contributed by atoms with Crippen LogP contribution in [0.4, 0.5) is 10.2 Å². The van der Waals surface area contributed by atoms with Gasteiger partial charge in [-0.2, -0.15) is 0 Å². The second kappa shape index (κ2) is 5.07. The molecule has 1 aromatic rings. The molecule has 3 nitrogen and oxygen atoms in total. The van der Waals surface area contributed by atoms with Crippen LogP contribution in [0, 0.1) is 5.82 Å². The molecule has 1 aromatic heterocycles. The molecule has 0 fully saturated rings. The minimum absolute atomic E-state index is 0.191. The highest BCUT2D eigenvalue weighted by molar-refractivity contribution is 5.47. The molecule has 0 saturated carbocycles. The van der Waals surface area contributed by atoms with Crippen molar-refractivity contribution in [2.45, 2.75) is 33.4 Å². The zero-order valence-electron chi connectivity index (χ0n) is 9.37. The quantitative estimate of drug-likeness (QED) is 0.828. The van der Waals surface area contributed by atoms with Gasteiger partial charge in [-0.1, -0.05) is 0 Å². The van der Waals surface area contributed by atoms with Gasteiger partial charge in [0.15, 0.2) is 0 Å². The van der Waals surface area contributed by atoms with Crippen LogP contribution in [0.3, 0.4) is 0 Å². The summed E-state index contributed by atoms with van der Waals surface area (Å²) in [6, 6.07) is 1.60. The van der Waals surface area contributed by atoms with Crippen molar-refractivity contribution in [2.75, 3.05) is 11.4 Å². The first kappa shape index (κ1) is 11.9. The summed E-state index contributed by atoms with van der Waals surface area (Å²) in [5.41, 5.74) is 0.533. The van der Waals surface area contributed by atoms with Crippen LogP contribution < -0.4 is 4.90 Å². The second-order valence-corrected chi connectivity index (χ2v) is 3.67. The van der Waals surface area contributed by atoms with Gasteiger partial charge in [-0.25, -0.2) is 9.37 Å². The Labute approximate surface area is 89.6 Å². The summed E-state index contributed by atoms with van der Waals surface area (Å²) in [5.74, 6) is 0.249. The van der Waals surface area contributed by atoms with Gasteiger partial charge in [0, 0.05) is 18.2 Å². The molecule has 4 heteroatoms. The summed E-state index contributed by atoms with van der Waals surface area (Å²) >= 11 is 0. The van der Waals surface area contributed by atoms with Crippen LogP contribution in [-0.2, 0) is 6.61 Å². The summed E-state index contributed by atoms with van der Waals surface area (Å²) < 4.78 is 12.9. The smallest absolute Gasteiger partial charge is 0.142 e. The molecule has 0 unspecified atom stereocenters. The van der Waals surface area contributed by atoms with Gasteiger partial charge in [0.05, 0.1) is 12.8 Å². The normalized spacial score (nSPS) is 10.8. The highest BCUT2D eigenvalue weighted by Crippen LogP contribution is 2.20. The fourth-order valence-corrected chi connectivity index (χ4v) is 1.61. The Bertz CT molecular complexity index is 328. The molecule has 1 N–H and O–H groups in total. The van der Waals surface area contributed by atoms with E-state index in [1.807, 2.05) is 25.7 Å². The van der Waals surface area contributed by atoms with Crippen LogP contribution in [0.25, 0.3) is 0 Å². The van der Waals surface area contributed by atoms with Gasteiger partial charge in [0.25, 0.3) is 0 Å². The number of hydrogen-bond donors (Lipinski definition) is 1. The fourth-order valence-electron chi connectivity index (χ4n) is 1.61. The zero-order valence-corrected chi connectivity index (χ0v) is 9.37. The molecule has 0 atom stereocenters. The van der Waals surface area contributed by atoms with E-state index < -0.39 is 5.82 Å². The summed E-state index contributed by atoms with van der Waals surface area (Å²) in [7, 11) is 0. The Hall–Kier alpha value is -1.16. The maximum absolute atomic E-state index is 12.9. The molecule has 1 heterocycles. The van der Waals surface area contributed by atoms with E-state index in [0.29, 0.717) is 11.4 Å². The fraction of sp³-hybridized carbons (Fsp3) is 0.545. The number of aromatic nitrogens is 1. The van der Waals surface area contributed by atoms with Crippen LogP contribution in [-0.4, -0.2) is 22.7 Å². The van der Waals surface area contributed by atoms with Gasteiger partial charge in [-0.3, -0.25) is 0 Å². The van der Waals surface area contributed by atoms with E-state index >= 15 is 0 Å². The van der Waals surface area contributed by atoms with Crippen molar-refractivity contribution >= 4 is 5.82 Å². The third kappa shape index (κ3) is 2.65. The molecule has 84 valence electrons. The Morgan fingerprint density at radius 2 is 2.20 bits per heavy atom. The van der Waals surface area contributed by atoms with Crippen LogP contribution in [0.15, 0.2) is 12.3 Å². The van der Waals surface area contributed by atoms with Crippen LogP contribution >= 0.6 is 0 Å². The molecule has 15 heavy (non-hydrogen) atoms. The molecule has 0 bridgehead atoms. The summed E-state index contributed by atoms with van der Waals surface area (Å²) in [6.45, 7) is 6.67. The molecule has 0 aromatic carbocycles. The van der Waals surface area contributed by atoms with E-state index in [1.54, 1.807) is 0 Å². The minimum atomic E-state index is -0.414. The molecule has 0 aliphatic rings. The van der Waals surface area contributed by atoms with E-state index in [0.717, 1.165) is 6.54 Å². The van der Waals surface area contributed by atoms with Crippen LogP contribution in [0.5, 0.6) is 0 Å².